The zero-order chi connectivity index (χ0) is 27.5. The summed E-state index contributed by atoms with van der Waals surface area (Å²) >= 11 is 0. The van der Waals surface area contributed by atoms with Gasteiger partial charge in [0.25, 0.3) is 0 Å². The molecule has 3 aromatic carbocycles. The number of alkyl halides is 2. The van der Waals surface area contributed by atoms with Crippen LogP contribution < -0.4 is 24.3 Å². The van der Waals surface area contributed by atoms with Crippen molar-refractivity contribution in [2.24, 2.45) is 0 Å². The molecule has 1 aliphatic carbocycles. The first kappa shape index (κ1) is 25.0. The molecule has 39 heavy (non-hydrogen) atoms. The number of hydrogen-bond acceptors (Lipinski definition) is 6. The Morgan fingerprint density at radius 2 is 1.82 bits per heavy atom. The highest BCUT2D eigenvalue weighted by Gasteiger charge is 2.48. The topological polar surface area (TPSA) is 103 Å². The van der Waals surface area contributed by atoms with E-state index in [2.05, 4.69) is 14.8 Å². The molecule has 0 fully saturated rings. The minimum atomic E-state index is -3.74. The standard InChI is InChI=1S/C29H25F2NO7/c1-28(9-8-15-11-24-25(13-20(15)28)39-29(30,31)38-24)27(35)32-21-14-22(16-4-3-5-17(10-16)26(33)34)37-23-12-18(36-2)6-7-19(21)23/h3-7,10-13,21-22H,8-9,14H2,1-2H3,(H,32,35)(H,33,34)/t21-,22-,28+/m1/s1. The molecule has 0 saturated carbocycles. The number of aromatic carboxylic acids is 1. The fourth-order valence-electron chi connectivity index (χ4n) is 5.62. The van der Waals surface area contributed by atoms with Crippen LogP contribution in [0.2, 0.25) is 0 Å². The van der Waals surface area contributed by atoms with Crippen LogP contribution in [-0.2, 0) is 16.6 Å². The van der Waals surface area contributed by atoms with Gasteiger partial charge in [-0.25, -0.2) is 4.79 Å². The van der Waals surface area contributed by atoms with Crippen molar-refractivity contribution < 1.29 is 42.4 Å². The number of carboxylic acids is 1. The molecule has 0 unspecified atom stereocenters. The third kappa shape index (κ3) is 4.29. The van der Waals surface area contributed by atoms with Crippen LogP contribution in [-0.4, -0.2) is 30.4 Å². The Balaban J connectivity index is 1.32. The van der Waals surface area contributed by atoms with Crippen molar-refractivity contribution in [3.63, 3.8) is 0 Å². The largest absolute Gasteiger partial charge is 0.586 e. The van der Waals surface area contributed by atoms with Gasteiger partial charge in [-0.05, 0) is 72.9 Å². The maximum atomic E-state index is 13.9. The van der Waals surface area contributed by atoms with Gasteiger partial charge in [0, 0.05) is 18.1 Å². The van der Waals surface area contributed by atoms with E-state index in [1.165, 1.54) is 25.3 Å². The van der Waals surface area contributed by atoms with Crippen molar-refractivity contribution in [3.05, 3.63) is 82.4 Å². The van der Waals surface area contributed by atoms with Gasteiger partial charge in [0.1, 0.15) is 17.6 Å². The van der Waals surface area contributed by atoms with Crippen molar-refractivity contribution in [1.82, 2.24) is 5.32 Å². The van der Waals surface area contributed by atoms with E-state index >= 15 is 0 Å². The molecule has 0 bridgehead atoms. The number of aryl methyl sites for hydroxylation is 1. The van der Waals surface area contributed by atoms with Gasteiger partial charge in [0.15, 0.2) is 11.5 Å². The van der Waals surface area contributed by atoms with E-state index < -0.39 is 29.8 Å². The van der Waals surface area contributed by atoms with Crippen LogP contribution in [0, 0.1) is 0 Å². The lowest BCUT2D eigenvalue weighted by Gasteiger charge is -2.35. The number of halogens is 2. The molecule has 1 amide bonds. The molecule has 0 radical (unpaired) electrons. The molecule has 3 atom stereocenters. The molecule has 0 spiro atoms. The van der Waals surface area contributed by atoms with Gasteiger partial charge in [-0.3, -0.25) is 4.79 Å². The van der Waals surface area contributed by atoms with Crippen molar-refractivity contribution in [1.29, 1.82) is 0 Å². The number of nitrogens with one attached hydrogen (secondary N) is 1. The van der Waals surface area contributed by atoms with Crippen LogP contribution in [0.1, 0.15) is 64.5 Å². The molecule has 6 rings (SSSR count). The van der Waals surface area contributed by atoms with E-state index in [4.69, 9.17) is 9.47 Å². The number of ether oxygens (including phenoxy) is 4. The normalized spacial score (nSPS) is 23.8. The molecule has 202 valence electrons. The van der Waals surface area contributed by atoms with Gasteiger partial charge >= 0.3 is 12.3 Å². The number of benzene rings is 3. The summed E-state index contributed by atoms with van der Waals surface area (Å²) in [6, 6.07) is 14.4. The summed E-state index contributed by atoms with van der Waals surface area (Å²) in [5.41, 5.74) is 1.93. The van der Waals surface area contributed by atoms with Crippen LogP contribution in [0.4, 0.5) is 8.78 Å². The average Bonchev–Trinajstić information content (AvgIpc) is 3.41. The SMILES string of the molecule is COc1ccc2c(c1)O[C@@H](c1cccc(C(=O)O)c1)C[C@H]2NC(=O)[C@@]1(C)CCc2cc3c(cc21)OC(F)(F)O3. The first-order valence-corrected chi connectivity index (χ1v) is 12.5. The highest BCUT2D eigenvalue weighted by atomic mass is 19.3. The summed E-state index contributed by atoms with van der Waals surface area (Å²) in [4.78, 5) is 25.4. The number of carbonyl (C=O) groups excluding carboxylic acids is 1. The van der Waals surface area contributed by atoms with Crippen molar-refractivity contribution in [3.8, 4) is 23.0 Å². The molecular weight excluding hydrogens is 512 g/mol. The summed E-state index contributed by atoms with van der Waals surface area (Å²) in [6.45, 7) is 1.79. The lowest BCUT2D eigenvalue weighted by molar-refractivity contribution is -0.286. The number of hydrogen-bond donors (Lipinski definition) is 2. The van der Waals surface area contributed by atoms with Crippen LogP contribution in [0.3, 0.4) is 0 Å². The third-order valence-electron chi connectivity index (χ3n) is 7.74. The number of amides is 1. The summed E-state index contributed by atoms with van der Waals surface area (Å²) in [5.74, 6) is -0.365. The van der Waals surface area contributed by atoms with Gasteiger partial charge in [-0.15, -0.1) is 8.78 Å². The maximum absolute atomic E-state index is 13.9. The maximum Gasteiger partial charge on any atom is 0.586 e. The minimum Gasteiger partial charge on any atom is -0.497 e. The fraction of sp³-hybridized carbons (Fsp3) is 0.310. The van der Waals surface area contributed by atoms with Gasteiger partial charge in [0.2, 0.25) is 5.91 Å². The predicted molar refractivity (Wildman–Crippen MR) is 134 cm³/mol. The van der Waals surface area contributed by atoms with E-state index in [1.54, 1.807) is 37.3 Å². The molecule has 3 aromatic rings. The number of methoxy groups -OCH3 is 1. The molecule has 2 heterocycles. The zero-order valence-electron chi connectivity index (χ0n) is 21.1. The molecular formula is C29H25F2NO7. The lowest BCUT2D eigenvalue weighted by atomic mass is 9.82. The zero-order valence-corrected chi connectivity index (χ0v) is 21.1. The highest BCUT2D eigenvalue weighted by Crippen LogP contribution is 2.49. The molecule has 2 aliphatic heterocycles. The van der Waals surface area contributed by atoms with Gasteiger partial charge in [-0.1, -0.05) is 12.1 Å². The van der Waals surface area contributed by atoms with Crippen LogP contribution in [0.25, 0.3) is 0 Å². The molecule has 3 aliphatic rings. The summed E-state index contributed by atoms with van der Waals surface area (Å²) < 4.78 is 48.1. The first-order valence-electron chi connectivity index (χ1n) is 12.5. The van der Waals surface area contributed by atoms with E-state index in [-0.39, 0.29) is 23.0 Å². The van der Waals surface area contributed by atoms with E-state index in [9.17, 15) is 23.5 Å². The van der Waals surface area contributed by atoms with Gasteiger partial charge in [-0.2, -0.15) is 0 Å². The van der Waals surface area contributed by atoms with Crippen LogP contribution in [0.5, 0.6) is 23.0 Å². The Hall–Kier alpha value is -4.34. The smallest absolute Gasteiger partial charge is 0.497 e. The summed E-state index contributed by atoms with van der Waals surface area (Å²) in [6.07, 6.45) is -2.92. The van der Waals surface area contributed by atoms with Crippen molar-refractivity contribution in [2.75, 3.05) is 7.11 Å². The van der Waals surface area contributed by atoms with Crippen molar-refractivity contribution in [2.45, 2.75) is 50.0 Å². The Kier molecular flexibility index (Phi) is 5.67. The van der Waals surface area contributed by atoms with E-state index in [0.29, 0.717) is 41.9 Å². The monoisotopic (exact) mass is 537 g/mol. The van der Waals surface area contributed by atoms with E-state index in [0.717, 1.165) is 11.1 Å². The minimum absolute atomic E-state index is 0.0397. The number of rotatable bonds is 5. The average molecular weight is 538 g/mol. The second-order valence-electron chi connectivity index (χ2n) is 10.2. The van der Waals surface area contributed by atoms with Gasteiger partial charge in [0.05, 0.1) is 24.1 Å². The van der Waals surface area contributed by atoms with E-state index in [1.807, 2.05) is 6.07 Å². The summed E-state index contributed by atoms with van der Waals surface area (Å²) in [5, 5.41) is 12.6. The molecule has 0 aromatic heterocycles. The van der Waals surface area contributed by atoms with Crippen LogP contribution >= 0.6 is 0 Å². The number of fused-ring (bicyclic) bond motifs is 3. The highest BCUT2D eigenvalue weighted by molar-refractivity contribution is 5.90. The van der Waals surface area contributed by atoms with Gasteiger partial charge < -0.3 is 29.4 Å². The van der Waals surface area contributed by atoms with Crippen molar-refractivity contribution >= 4 is 11.9 Å². The Bertz CT molecular complexity index is 1510. The molecule has 10 heteroatoms. The Labute approximate surface area is 222 Å². The third-order valence-corrected chi connectivity index (χ3v) is 7.74. The Morgan fingerprint density at radius 3 is 2.56 bits per heavy atom. The fourth-order valence-corrected chi connectivity index (χ4v) is 5.62. The van der Waals surface area contributed by atoms with Crippen LogP contribution in [0.15, 0.2) is 54.6 Å². The molecule has 2 N–H and O–H groups in total. The lowest BCUT2D eigenvalue weighted by Crippen LogP contribution is -2.44. The second kappa shape index (κ2) is 8.86. The number of carbonyl (C=O) groups is 2. The second-order valence-corrected chi connectivity index (χ2v) is 10.2. The first-order chi connectivity index (χ1) is 18.6. The predicted octanol–water partition coefficient (Wildman–Crippen LogP) is 5.30. The molecule has 0 saturated heterocycles. The number of carboxylic acid groups (broad SMARTS) is 1. The summed E-state index contributed by atoms with van der Waals surface area (Å²) in [7, 11) is 1.54. The quantitative estimate of drug-likeness (QED) is 0.455. The molecule has 8 nitrogen and oxygen atoms in total. The Morgan fingerprint density at radius 1 is 1.05 bits per heavy atom.